The van der Waals surface area contributed by atoms with Gasteiger partial charge in [-0.05, 0) is 42.8 Å². The molecular weight excluding hydrogens is 405 g/mol. The topological polar surface area (TPSA) is 54.7 Å². The summed E-state index contributed by atoms with van der Waals surface area (Å²) in [5.41, 5.74) is 5.98. The predicted molar refractivity (Wildman–Crippen MR) is 121 cm³/mol. The van der Waals surface area contributed by atoms with Gasteiger partial charge in [0.2, 0.25) is 5.95 Å². The summed E-state index contributed by atoms with van der Waals surface area (Å²) in [6.07, 6.45) is 7.46. The van der Waals surface area contributed by atoms with Gasteiger partial charge >= 0.3 is 0 Å². The maximum atomic E-state index is 14.5. The highest BCUT2D eigenvalue weighted by atomic mass is 19.1. The van der Waals surface area contributed by atoms with Gasteiger partial charge in [0.25, 0.3) is 0 Å². The molecule has 162 valence electrons. The quantitative estimate of drug-likeness (QED) is 0.496. The Bertz CT molecular complexity index is 1280. The molecular formula is C25H24FN5O. The van der Waals surface area contributed by atoms with E-state index in [0.717, 1.165) is 40.9 Å². The number of rotatable bonds is 6. The second kappa shape index (κ2) is 7.91. The lowest BCUT2D eigenvalue weighted by molar-refractivity contribution is 0.172. The first-order valence-electron chi connectivity index (χ1n) is 11.1. The molecule has 0 unspecified atom stereocenters. The Balaban J connectivity index is 1.26. The zero-order valence-corrected chi connectivity index (χ0v) is 17.7. The Morgan fingerprint density at radius 3 is 2.75 bits per heavy atom. The van der Waals surface area contributed by atoms with Crippen molar-refractivity contribution >= 4 is 11.5 Å². The van der Waals surface area contributed by atoms with E-state index in [2.05, 4.69) is 44.5 Å². The van der Waals surface area contributed by atoms with Crippen LogP contribution in [0.3, 0.4) is 0 Å². The number of benzene rings is 2. The largest absolute Gasteiger partial charge is 0.493 e. The molecule has 1 fully saturated rings. The molecule has 0 atom stereocenters. The Morgan fingerprint density at radius 1 is 1.06 bits per heavy atom. The van der Waals surface area contributed by atoms with Gasteiger partial charge in [-0.3, -0.25) is 9.30 Å². The zero-order chi connectivity index (χ0) is 21.5. The lowest BCUT2D eigenvalue weighted by Gasteiger charge is -2.30. The summed E-state index contributed by atoms with van der Waals surface area (Å²) in [6, 6.07) is 11.8. The molecule has 0 aliphatic carbocycles. The molecule has 7 heteroatoms. The van der Waals surface area contributed by atoms with Crippen molar-refractivity contribution in [2.24, 2.45) is 0 Å². The Labute approximate surface area is 185 Å². The van der Waals surface area contributed by atoms with E-state index in [0.29, 0.717) is 24.7 Å². The van der Waals surface area contributed by atoms with E-state index in [-0.39, 0.29) is 5.82 Å². The van der Waals surface area contributed by atoms with Crippen LogP contribution in [0.5, 0.6) is 5.75 Å². The maximum absolute atomic E-state index is 14.5. The molecule has 6 nitrogen and oxygen atoms in total. The third kappa shape index (κ3) is 3.39. The highest BCUT2D eigenvalue weighted by Gasteiger charge is 2.20. The molecule has 2 aromatic carbocycles. The third-order valence-corrected chi connectivity index (χ3v) is 6.44. The van der Waals surface area contributed by atoms with Crippen molar-refractivity contribution in [3.63, 3.8) is 0 Å². The Kier molecular flexibility index (Phi) is 4.76. The van der Waals surface area contributed by atoms with Gasteiger partial charge in [-0.2, -0.15) is 0 Å². The van der Waals surface area contributed by atoms with E-state index < -0.39 is 0 Å². The van der Waals surface area contributed by atoms with Crippen LogP contribution in [0, 0.1) is 5.82 Å². The van der Waals surface area contributed by atoms with Crippen molar-refractivity contribution in [3.8, 4) is 16.9 Å². The number of nitrogens with one attached hydrogen (secondary N) is 1. The van der Waals surface area contributed by atoms with Gasteiger partial charge < -0.3 is 10.1 Å². The van der Waals surface area contributed by atoms with E-state index in [1.807, 2.05) is 16.8 Å². The normalized spacial score (nSPS) is 15.4. The number of ether oxygens (including phenoxy) is 1. The van der Waals surface area contributed by atoms with Crippen molar-refractivity contribution in [1.29, 1.82) is 0 Å². The molecule has 0 radical (unpaired) electrons. The molecule has 4 heterocycles. The molecule has 0 bridgehead atoms. The van der Waals surface area contributed by atoms with Gasteiger partial charge in [0, 0.05) is 42.4 Å². The van der Waals surface area contributed by atoms with Gasteiger partial charge in [-0.1, -0.05) is 24.3 Å². The van der Waals surface area contributed by atoms with E-state index >= 15 is 0 Å². The minimum absolute atomic E-state index is 0.224. The van der Waals surface area contributed by atoms with Crippen molar-refractivity contribution in [3.05, 3.63) is 77.6 Å². The van der Waals surface area contributed by atoms with Gasteiger partial charge in [0.1, 0.15) is 17.9 Å². The van der Waals surface area contributed by atoms with Crippen LogP contribution in [0.2, 0.25) is 0 Å². The second-order valence-electron chi connectivity index (χ2n) is 8.43. The molecule has 1 N–H and O–H groups in total. The fourth-order valence-corrected chi connectivity index (χ4v) is 4.53. The minimum atomic E-state index is -0.224. The molecule has 0 spiro atoms. The van der Waals surface area contributed by atoms with Crippen LogP contribution >= 0.6 is 0 Å². The van der Waals surface area contributed by atoms with Crippen LogP contribution in [-0.4, -0.2) is 39.0 Å². The number of likely N-dealkylation sites (tertiary alicyclic amines) is 1. The highest BCUT2D eigenvalue weighted by molar-refractivity contribution is 5.80. The lowest BCUT2D eigenvalue weighted by atomic mass is 10.0. The number of fused-ring (bicyclic) bond motifs is 2. The van der Waals surface area contributed by atoms with Crippen LogP contribution in [0.25, 0.3) is 16.6 Å². The van der Waals surface area contributed by atoms with Crippen LogP contribution in [-0.2, 0) is 19.5 Å². The molecule has 0 saturated carbocycles. The molecule has 2 aromatic heterocycles. The minimum Gasteiger partial charge on any atom is -0.493 e. The van der Waals surface area contributed by atoms with Gasteiger partial charge in [0.05, 0.1) is 18.3 Å². The number of anilines is 1. The number of imidazole rings is 1. The summed E-state index contributed by atoms with van der Waals surface area (Å²) in [7, 11) is 0. The smallest absolute Gasteiger partial charge is 0.208 e. The number of hydrogen-bond acceptors (Lipinski definition) is 5. The Hall–Kier alpha value is -3.45. The highest BCUT2D eigenvalue weighted by Crippen LogP contribution is 2.31. The number of nitrogens with zero attached hydrogens (tertiary/aromatic N) is 4. The van der Waals surface area contributed by atoms with Crippen molar-refractivity contribution in [2.45, 2.75) is 25.9 Å². The van der Waals surface area contributed by atoms with Crippen molar-refractivity contribution < 1.29 is 9.13 Å². The van der Waals surface area contributed by atoms with Gasteiger partial charge in [-0.25, -0.2) is 14.4 Å². The van der Waals surface area contributed by atoms with E-state index in [1.54, 1.807) is 12.4 Å². The van der Waals surface area contributed by atoms with Crippen molar-refractivity contribution in [1.82, 2.24) is 19.3 Å². The van der Waals surface area contributed by atoms with E-state index in [4.69, 9.17) is 4.74 Å². The van der Waals surface area contributed by atoms with Crippen LogP contribution < -0.4 is 10.1 Å². The van der Waals surface area contributed by atoms with Crippen LogP contribution in [0.15, 0.2) is 55.1 Å². The third-order valence-electron chi connectivity index (χ3n) is 6.44. The second-order valence-corrected chi connectivity index (χ2v) is 8.43. The molecule has 4 aromatic rings. The predicted octanol–water partition coefficient (Wildman–Crippen LogP) is 4.29. The standard InChI is InChI=1S/C25H24FN5O/c26-22-6-7-24-19(8-11-32-24)21(22)13-29-25-28-12-20(23-14-27-16-31(23)25)18-4-2-17(3-5-18)15-30-9-1-10-30/h2-7,12,14,16H,1,8-11,13,15H2,(H,28,29). The van der Waals surface area contributed by atoms with Gasteiger partial charge in [-0.15, -0.1) is 0 Å². The van der Waals surface area contributed by atoms with E-state index in [9.17, 15) is 4.39 Å². The number of halogens is 1. The van der Waals surface area contributed by atoms with Crippen LogP contribution in [0.1, 0.15) is 23.1 Å². The monoisotopic (exact) mass is 429 g/mol. The van der Waals surface area contributed by atoms with Crippen LogP contribution in [0.4, 0.5) is 10.3 Å². The molecule has 6 rings (SSSR count). The fourth-order valence-electron chi connectivity index (χ4n) is 4.53. The molecule has 32 heavy (non-hydrogen) atoms. The first kappa shape index (κ1) is 19.3. The van der Waals surface area contributed by atoms with Gasteiger partial charge in [0.15, 0.2) is 0 Å². The molecule has 2 aliphatic heterocycles. The summed E-state index contributed by atoms with van der Waals surface area (Å²) < 4.78 is 22.0. The number of hydrogen-bond donors (Lipinski definition) is 1. The summed E-state index contributed by atoms with van der Waals surface area (Å²) >= 11 is 0. The zero-order valence-electron chi connectivity index (χ0n) is 17.7. The van der Waals surface area contributed by atoms with E-state index in [1.165, 1.54) is 31.1 Å². The number of aromatic nitrogens is 3. The summed E-state index contributed by atoms with van der Waals surface area (Å²) in [4.78, 5) is 11.4. The average Bonchev–Trinajstić information content (AvgIpc) is 3.46. The summed E-state index contributed by atoms with van der Waals surface area (Å²) in [5, 5.41) is 3.29. The SMILES string of the molecule is Fc1ccc2c(c1CNc1ncc(-c3ccc(CN4CCC4)cc3)c3cncn13)CCO2. The lowest BCUT2D eigenvalue weighted by Crippen LogP contribution is -2.36. The fraction of sp³-hybridized carbons (Fsp3) is 0.280. The maximum Gasteiger partial charge on any atom is 0.208 e. The van der Waals surface area contributed by atoms with Crippen molar-refractivity contribution in [2.75, 3.05) is 25.0 Å². The first-order chi connectivity index (χ1) is 15.8. The molecule has 1 saturated heterocycles. The molecule has 0 amide bonds. The first-order valence-corrected chi connectivity index (χ1v) is 11.1. The summed E-state index contributed by atoms with van der Waals surface area (Å²) in [5.74, 6) is 1.18. The summed E-state index contributed by atoms with van der Waals surface area (Å²) in [6.45, 7) is 4.33. The molecule has 2 aliphatic rings. The average molecular weight is 429 g/mol. The Morgan fingerprint density at radius 2 is 1.94 bits per heavy atom.